The Morgan fingerprint density at radius 3 is 3.06 bits per heavy atom. The van der Waals surface area contributed by atoms with E-state index in [0.717, 1.165) is 29.9 Å². The second-order valence-corrected chi connectivity index (χ2v) is 4.63. The highest BCUT2D eigenvalue weighted by atomic mass is 16.1. The molecule has 92 valence electrons. The number of rotatable bonds is 3. The average molecular weight is 233 g/mol. The molecule has 1 atom stereocenters. The zero-order valence-electron chi connectivity index (χ0n) is 10.4. The van der Waals surface area contributed by atoms with Gasteiger partial charge in [0.1, 0.15) is 0 Å². The number of anilines is 1. The van der Waals surface area contributed by atoms with E-state index in [1.807, 2.05) is 19.9 Å². The van der Waals surface area contributed by atoms with Crippen molar-refractivity contribution in [1.29, 1.82) is 0 Å². The number of hydrogen-bond acceptors (Lipinski definition) is 3. The number of nitrogens with zero attached hydrogens (tertiary/aromatic N) is 1. The van der Waals surface area contributed by atoms with Gasteiger partial charge in [-0.15, -0.1) is 0 Å². The number of aromatic nitrogens is 1. The van der Waals surface area contributed by atoms with E-state index in [9.17, 15) is 4.79 Å². The minimum absolute atomic E-state index is 0.0728. The summed E-state index contributed by atoms with van der Waals surface area (Å²) in [5, 5.41) is 6.29. The van der Waals surface area contributed by atoms with E-state index < -0.39 is 0 Å². The molecular weight excluding hydrogens is 214 g/mol. The predicted molar refractivity (Wildman–Crippen MR) is 68.0 cm³/mol. The van der Waals surface area contributed by atoms with Crippen molar-refractivity contribution in [2.45, 2.75) is 39.2 Å². The Balaban J connectivity index is 1.97. The number of amides is 1. The van der Waals surface area contributed by atoms with Gasteiger partial charge in [-0.3, -0.25) is 9.78 Å². The third-order valence-corrected chi connectivity index (χ3v) is 3.21. The zero-order valence-corrected chi connectivity index (χ0v) is 10.4. The van der Waals surface area contributed by atoms with Crippen LogP contribution in [-0.2, 0) is 4.79 Å². The number of hydrogen-bond donors (Lipinski definition) is 2. The Morgan fingerprint density at radius 1 is 1.59 bits per heavy atom. The number of aryl methyl sites for hydroxylation is 2. The van der Waals surface area contributed by atoms with Gasteiger partial charge >= 0.3 is 0 Å². The fraction of sp³-hybridized carbons (Fsp3) is 0.538. The fourth-order valence-corrected chi connectivity index (χ4v) is 2.23. The zero-order chi connectivity index (χ0) is 12.3. The first-order chi connectivity index (χ1) is 8.16. The summed E-state index contributed by atoms with van der Waals surface area (Å²) >= 11 is 0. The van der Waals surface area contributed by atoms with Crippen LogP contribution in [0.15, 0.2) is 12.3 Å². The summed E-state index contributed by atoms with van der Waals surface area (Å²) in [4.78, 5) is 16.1. The van der Waals surface area contributed by atoms with Gasteiger partial charge in [0, 0.05) is 18.7 Å². The summed E-state index contributed by atoms with van der Waals surface area (Å²) in [6.45, 7) is 4.93. The monoisotopic (exact) mass is 233 g/mol. The van der Waals surface area contributed by atoms with Crippen molar-refractivity contribution in [3.63, 3.8) is 0 Å². The lowest BCUT2D eigenvalue weighted by Crippen LogP contribution is -2.27. The summed E-state index contributed by atoms with van der Waals surface area (Å²) in [5.74, 6) is 0.0728. The Kier molecular flexibility index (Phi) is 3.74. The summed E-state index contributed by atoms with van der Waals surface area (Å²) in [5.41, 5.74) is 2.79. The lowest BCUT2D eigenvalue weighted by molar-refractivity contribution is -0.116. The molecule has 0 saturated carbocycles. The van der Waals surface area contributed by atoms with Crippen LogP contribution in [0.1, 0.15) is 30.5 Å². The van der Waals surface area contributed by atoms with Crippen molar-refractivity contribution >= 4 is 11.6 Å². The van der Waals surface area contributed by atoms with Gasteiger partial charge in [-0.1, -0.05) is 0 Å². The number of nitrogens with one attached hydrogen (secondary N) is 2. The molecule has 1 aromatic rings. The smallest absolute Gasteiger partial charge is 0.225 e. The van der Waals surface area contributed by atoms with E-state index in [2.05, 4.69) is 15.6 Å². The third kappa shape index (κ3) is 3.03. The van der Waals surface area contributed by atoms with Crippen LogP contribution in [0, 0.1) is 13.8 Å². The van der Waals surface area contributed by atoms with Crippen LogP contribution in [-0.4, -0.2) is 23.5 Å². The van der Waals surface area contributed by atoms with Crippen molar-refractivity contribution in [3.8, 4) is 0 Å². The molecule has 0 spiro atoms. The van der Waals surface area contributed by atoms with Gasteiger partial charge in [-0.25, -0.2) is 0 Å². The molecule has 1 aromatic heterocycles. The molecule has 0 aliphatic carbocycles. The quantitative estimate of drug-likeness (QED) is 0.836. The second-order valence-electron chi connectivity index (χ2n) is 4.63. The molecule has 4 nitrogen and oxygen atoms in total. The molecule has 4 heteroatoms. The predicted octanol–water partition coefficient (Wildman–Crippen LogP) is 1.78. The number of carbonyl (C=O) groups is 1. The Morgan fingerprint density at radius 2 is 2.41 bits per heavy atom. The summed E-state index contributed by atoms with van der Waals surface area (Å²) in [7, 11) is 0. The first-order valence-corrected chi connectivity index (χ1v) is 6.12. The minimum atomic E-state index is 0.0728. The van der Waals surface area contributed by atoms with Gasteiger partial charge in [0.15, 0.2) is 0 Å². The van der Waals surface area contributed by atoms with Gasteiger partial charge in [-0.05, 0) is 44.9 Å². The van der Waals surface area contributed by atoms with E-state index in [4.69, 9.17) is 0 Å². The van der Waals surface area contributed by atoms with Crippen LogP contribution in [0.25, 0.3) is 0 Å². The Hall–Kier alpha value is -1.42. The van der Waals surface area contributed by atoms with Gasteiger partial charge < -0.3 is 10.6 Å². The lowest BCUT2D eigenvalue weighted by Gasteiger charge is -2.13. The lowest BCUT2D eigenvalue weighted by atomic mass is 10.1. The molecule has 1 fully saturated rings. The molecule has 1 amide bonds. The van der Waals surface area contributed by atoms with Crippen LogP contribution < -0.4 is 10.6 Å². The maximum Gasteiger partial charge on any atom is 0.225 e. The highest BCUT2D eigenvalue weighted by molar-refractivity contribution is 5.92. The molecule has 2 heterocycles. The van der Waals surface area contributed by atoms with Gasteiger partial charge in [0.25, 0.3) is 0 Å². The molecule has 1 saturated heterocycles. The van der Waals surface area contributed by atoms with Crippen LogP contribution in [0.3, 0.4) is 0 Å². The van der Waals surface area contributed by atoms with E-state index in [1.54, 1.807) is 6.20 Å². The van der Waals surface area contributed by atoms with E-state index in [-0.39, 0.29) is 5.91 Å². The molecule has 0 aromatic carbocycles. The van der Waals surface area contributed by atoms with E-state index >= 15 is 0 Å². The van der Waals surface area contributed by atoms with Crippen LogP contribution in [0.5, 0.6) is 0 Å². The Bertz CT molecular complexity index is 391. The molecular formula is C13H19N3O. The highest BCUT2D eigenvalue weighted by Gasteiger charge is 2.18. The van der Waals surface area contributed by atoms with Gasteiger partial charge in [0.05, 0.1) is 11.4 Å². The standard InChI is InChI=1S/C13H19N3O/c1-9-5-7-14-10(2)13(9)16-12(17)8-11-4-3-6-15-11/h5,7,11,15H,3-4,6,8H2,1-2H3,(H,16,17). The first-order valence-electron chi connectivity index (χ1n) is 6.12. The third-order valence-electron chi connectivity index (χ3n) is 3.21. The average Bonchev–Trinajstić information content (AvgIpc) is 2.76. The summed E-state index contributed by atoms with van der Waals surface area (Å²) < 4.78 is 0. The molecule has 0 radical (unpaired) electrons. The normalized spacial score (nSPS) is 19.3. The Labute approximate surface area is 102 Å². The molecule has 1 aliphatic rings. The molecule has 0 bridgehead atoms. The SMILES string of the molecule is Cc1ccnc(C)c1NC(=O)CC1CCCN1. The second kappa shape index (κ2) is 5.27. The summed E-state index contributed by atoms with van der Waals surface area (Å²) in [6, 6.07) is 2.25. The van der Waals surface area contributed by atoms with Crippen LogP contribution in [0.4, 0.5) is 5.69 Å². The van der Waals surface area contributed by atoms with Crippen molar-refractivity contribution in [1.82, 2.24) is 10.3 Å². The molecule has 2 rings (SSSR count). The van der Waals surface area contributed by atoms with Crippen LogP contribution >= 0.6 is 0 Å². The molecule has 2 N–H and O–H groups in total. The first kappa shape index (κ1) is 12.0. The highest BCUT2D eigenvalue weighted by Crippen LogP contribution is 2.18. The fourth-order valence-electron chi connectivity index (χ4n) is 2.23. The van der Waals surface area contributed by atoms with Crippen molar-refractivity contribution in [3.05, 3.63) is 23.5 Å². The molecule has 17 heavy (non-hydrogen) atoms. The van der Waals surface area contributed by atoms with Crippen molar-refractivity contribution < 1.29 is 4.79 Å². The summed E-state index contributed by atoms with van der Waals surface area (Å²) in [6.07, 6.45) is 4.58. The van der Waals surface area contributed by atoms with E-state index in [0.29, 0.717) is 12.5 Å². The van der Waals surface area contributed by atoms with E-state index in [1.165, 1.54) is 6.42 Å². The maximum atomic E-state index is 11.9. The van der Waals surface area contributed by atoms with Gasteiger partial charge in [-0.2, -0.15) is 0 Å². The molecule has 1 aliphatic heterocycles. The largest absolute Gasteiger partial charge is 0.324 e. The minimum Gasteiger partial charge on any atom is -0.324 e. The number of pyridine rings is 1. The van der Waals surface area contributed by atoms with Crippen molar-refractivity contribution in [2.24, 2.45) is 0 Å². The maximum absolute atomic E-state index is 11.9. The topological polar surface area (TPSA) is 54.0 Å². The van der Waals surface area contributed by atoms with Gasteiger partial charge in [0.2, 0.25) is 5.91 Å². The van der Waals surface area contributed by atoms with Crippen molar-refractivity contribution in [2.75, 3.05) is 11.9 Å². The number of carbonyl (C=O) groups excluding carboxylic acids is 1. The van der Waals surface area contributed by atoms with Crippen LogP contribution in [0.2, 0.25) is 0 Å². The molecule has 1 unspecified atom stereocenters.